The van der Waals surface area contributed by atoms with Crippen LogP contribution in [0.25, 0.3) is 0 Å². The summed E-state index contributed by atoms with van der Waals surface area (Å²) in [7, 11) is 0. The zero-order chi connectivity index (χ0) is 16.3. The summed E-state index contributed by atoms with van der Waals surface area (Å²) < 4.78 is 0. The summed E-state index contributed by atoms with van der Waals surface area (Å²) >= 11 is 0. The van der Waals surface area contributed by atoms with Gasteiger partial charge in [0.25, 0.3) is 0 Å². The molecule has 1 aliphatic rings. The fraction of sp³-hybridized carbons (Fsp3) is 0.471. The lowest BCUT2D eigenvalue weighted by Crippen LogP contribution is -2.25. The lowest BCUT2D eigenvalue weighted by atomic mass is 9.90. The van der Waals surface area contributed by atoms with Crippen LogP contribution in [-0.4, -0.2) is 30.0 Å². The average Bonchev–Trinajstić information content (AvgIpc) is 2.40. The third-order valence-electron chi connectivity index (χ3n) is 3.61. The zero-order valence-corrected chi connectivity index (χ0v) is 13.7. The third kappa shape index (κ3) is 3.93. The predicted molar refractivity (Wildman–Crippen MR) is 91.8 cm³/mol. The number of anilines is 1. The quantitative estimate of drug-likeness (QED) is 0.665. The zero-order valence-electron chi connectivity index (χ0n) is 13.7. The Labute approximate surface area is 131 Å². The number of nitrogens with one attached hydrogen (secondary N) is 1. The van der Waals surface area contributed by atoms with E-state index in [1.165, 1.54) is 0 Å². The fourth-order valence-corrected chi connectivity index (χ4v) is 2.62. The van der Waals surface area contributed by atoms with Gasteiger partial charge in [0, 0.05) is 29.8 Å². The second-order valence-electron chi connectivity index (χ2n) is 6.11. The number of aryl methyl sites for hydroxylation is 1. The smallest absolute Gasteiger partial charge is 0.193 e. The van der Waals surface area contributed by atoms with E-state index in [0.717, 1.165) is 22.5 Å². The van der Waals surface area contributed by atoms with Gasteiger partial charge in [-0.05, 0) is 44.0 Å². The van der Waals surface area contributed by atoms with Crippen molar-refractivity contribution in [3.8, 4) is 0 Å². The van der Waals surface area contributed by atoms with Crippen LogP contribution in [0.1, 0.15) is 38.3 Å². The Morgan fingerprint density at radius 3 is 2.77 bits per heavy atom. The Morgan fingerprint density at radius 2 is 2.18 bits per heavy atom. The standard InChI is InChI=1S/C17H24N4O/c1-10(2)20-17(18)21-15-6-5-13(7-11(15)3)16-12(4)8-14(22)9-19-16/h5-7,10,12H,8-9H2,1-4H3,(H3,18,20,21). The molecule has 0 amide bonds. The van der Waals surface area contributed by atoms with Gasteiger partial charge in [-0.15, -0.1) is 0 Å². The van der Waals surface area contributed by atoms with Crippen LogP contribution in [0.2, 0.25) is 0 Å². The summed E-state index contributed by atoms with van der Waals surface area (Å²) in [5, 5.41) is 3.12. The highest BCUT2D eigenvalue weighted by Gasteiger charge is 2.21. The van der Waals surface area contributed by atoms with Crippen molar-refractivity contribution < 1.29 is 4.79 Å². The normalized spacial score (nSPS) is 19.3. The minimum atomic E-state index is 0.155. The van der Waals surface area contributed by atoms with Gasteiger partial charge in [0.15, 0.2) is 11.7 Å². The number of rotatable bonds is 3. The molecule has 5 nitrogen and oxygen atoms in total. The number of hydrogen-bond donors (Lipinski definition) is 2. The number of carbonyl (C=O) groups is 1. The Morgan fingerprint density at radius 1 is 1.45 bits per heavy atom. The number of guanidine groups is 1. The van der Waals surface area contributed by atoms with Gasteiger partial charge in [0.1, 0.15) is 0 Å². The van der Waals surface area contributed by atoms with Crippen LogP contribution >= 0.6 is 0 Å². The predicted octanol–water partition coefficient (Wildman–Crippen LogP) is 2.53. The molecular weight excluding hydrogens is 276 g/mol. The van der Waals surface area contributed by atoms with Crippen LogP contribution < -0.4 is 11.1 Å². The molecule has 0 aromatic heterocycles. The maximum absolute atomic E-state index is 11.4. The molecule has 118 valence electrons. The Bertz CT molecular complexity index is 632. The molecule has 1 aromatic carbocycles. The van der Waals surface area contributed by atoms with E-state index in [9.17, 15) is 4.79 Å². The van der Waals surface area contributed by atoms with Crippen LogP contribution in [-0.2, 0) is 4.79 Å². The highest BCUT2D eigenvalue weighted by Crippen LogP contribution is 2.22. The van der Waals surface area contributed by atoms with Crippen LogP contribution in [0.15, 0.2) is 28.2 Å². The summed E-state index contributed by atoms with van der Waals surface area (Å²) in [5.41, 5.74) is 9.97. The molecule has 0 fully saturated rings. The van der Waals surface area contributed by atoms with Crippen molar-refractivity contribution in [3.63, 3.8) is 0 Å². The highest BCUT2D eigenvalue weighted by molar-refractivity contribution is 6.07. The number of ketones is 1. The molecule has 0 saturated carbocycles. The van der Waals surface area contributed by atoms with Crippen molar-refractivity contribution in [1.82, 2.24) is 0 Å². The summed E-state index contributed by atoms with van der Waals surface area (Å²) in [6.45, 7) is 8.33. The second kappa shape index (κ2) is 6.73. The van der Waals surface area contributed by atoms with Crippen molar-refractivity contribution in [2.75, 3.05) is 11.9 Å². The monoisotopic (exact) mass is 300 g/mol. The number of hydrogen-bond acceptors (Lipinski definition) is 3. The third-order valence-corrected chi connectivity index (χ3v) is 3.61. The molecule has 5 heteroatoms. The number of carbonyl (C=O) groups excluding carboxylic acids is 1. The molecule has 1 atom stereocenters. The fourth-order valence-electron chi connectivity index (χ4n) is 2.62. The first-order valence-corrected chi connectivity index (χ1v) is 7.64. The van der Waals surface area contributed by atoms with Crippen LogP contribution in [0.3, 0.4) is 0 Å². The van der Waals surface area contributed by atoms with Crippen LogP contribution in [0.4, 0.5) is 5.69 Å². The molecule has 1 aromatic rings. The molecule has 1 unspecified atom stereocenters. The van der Waals surface area contributed by atoms with Gasteiger partial charge in [-0.1, -0.05) is 13.0 Å². The molecule has 0 radical (unpaired) electrons. The second-order valence-corrected chi connectivity index (χ2v) is 6.11. The number of aliphatic imine (C=N–C) groups is 2. The molecule has 0 bridgehead atoms. The minimum absolute atomic E-state index is 0.155. The van der Waals surface area contributed by atoms with Gasteiger partial charge < -0.3 is 11.1 Å². The molecule has 0 aliphatic carbocycles. The van der Waals surface area contributed by atoms with Crippen molar-refractivity contribution in [2.24, 2.45) is 21.6 Å². The Hall–Kier alpha value is -2.17. The highest BCUT2D eigenvalue weighted by atomic mass is 16.1. The lowest BCUT2D eigenvalue weighted by Gasteiger charge is -2.20. The minimum Gasteiger partial charge on any atom is -0.370 e. The first kappa shape index (κ1) is 16.2. The Balaban J connectivity index is 2.21. The summed E-state index contributed by atoms with van der Waals surface area (Å²) in [6, 6.07) is 6.24. The van der Waals surface area contributed by atoms with Gasteiger partial charge >= 0.3 is 0 Å². The van der Waals surface area contributed by atoms with E-state index in [1.807, 2.05) is 39.8 Å². The topological polar surface area (TPSA) is 79.8 Å². The van der Waals surface area contributed by atoms with E-state index in [1.54, 1.807) is 0 Å². The van der Waals surface area contributed by atoms with Crippen molar-refractivity contribution >= 4 is 23.1 Å². The largest absolute Gasteiger partial charge is 0.370 e. The lowest BCUT2D eigenvalue weighted by molar-refractivity contribution is -0.118. The van der Waals surface area contributed by atoms with Gasteiger partial charge in [0.2, 0.25) is 0 Å². The summed E-state index contributed by atoms with van der Waals surface area (Å²) in [6.07, 6.45) is 0.575. The molecule has 1 heterocycles. The van der Waals surface area contributed by atoms with Crippen molar-refractivity contribution in [2.45, 2.75) is 40.2 Å². The molecule has 3 N–H and O–H groups in total. The SMILES string of the molecule is Cc1cc(C2=NCC(=O)CC2C)ccc1NC(N)=NC(C)C. The maximum atomic E-state index is 11.4. The first-order chi connectivity index (χ1) is 10.4. The van der Waals surface area contributed by atoms with Crippen molar-refractivity contribution in [3.05, 3.63) is 29.3 Å². The summed E-state index contributed by atoms with van der Waals surface area (Å²) in [4.78, 5) is 20.1. The van der Waals surface area contributed by atoms with E-state index in [0.29, 0.717) is 18.9 Å². The van der Waals surface area contributed by atoms with E-state index < -0.39 is 0 Å². The number of nitrogens with zero attached hydrogens (tertiary/aromatic N) is 2. The van der Waals surface area contributed by atoms with E-state index in [2.05, 4.69) is 21.4 Å². The van der Waals surface area contributed by atoms with Crippen LogP contribution in [0, 0.1) is 12.8 Å². The van der Waals surface area contributed by atoms with Gasteiger partial charge in [0.05, 0.1) is 6.54 Å². The Kier molecular flexibility index (Phi) is 4.96. The van der Waals surface area contributed by atoms with E-state index in [4.69, 9.17) is 5.73 Å². The van der Waals surface area contributed by atoms with E-state index in [-0.39, 0.29) is 17.7 Å². The van der Waals surface area contributed by atoms with Gasteiger partial charge in [-0.2, -0.15) is 0 Å². The number of benzene rings is 1. The molecule has 22 heavy (non-hydrogen) atoms. The number of nitrogens with two attached hydrogens (primary N) is 1. The molecule has 0 spiro atoms. The molecule has 1 aliphatic heterocycles. The maximum Gasteiger partial charge on any atom is 0.193 e. The average molecular weight is 300 g/mol. The van der Waals surface area contributed by atoms with Gasteiger partial charge in [-0.25, -0.2) is 0 Å². The summed E-state index contributed by atoms with van der Waals surface area (Å²) in [5.74, 6) is 0.802. The first-order valence-electron chi connectivity index (χ1n) is 7.64. The molecule has 2 rings (SSSR count). The molecule has 0 saturated heterocycles. The molecular formula is C17H24N4O. The van der Waals surface area contributed by atoms with Gasteiger partial charge in [-0.3, -0.25) is 14.8 Å². The van der Waals surface area contributed by atoms with Crippen LogP contribution in [0.5, 0.6) is 0 Å². The van der Waals surface area contributed by atoms with E-state index >= 15 is 0 Å². The van der Waals surface area contributed by atoms with Crippen molar-refractivity contribution in [1.29, 1.82) is 0 Å². The number of Topliss-reactive ketones (excluding diaryl/α,β-unsaturated/α-hetero) is 1.